The first-order chi connectivity index (χ1) is 13.7. The van der Waals surface area contributed by atoms with Crippen molar-refractivity contribution in [2.75, 3.05) is 26.2 Å². The van der Waals surface area contributed by atoms with Crippen LogP contribution in [0.1, 0.15) is 65.4 Å². The number of carbonyl (C=O) groups is 1. The lowest BCUT2D eigenvalue weighted by atomic mass is 9.91. The van der Waals surface area contributed by atoms with Gasteiger partial charge < -0.3 is 0 Å². The molecule has 1 aromatic carbocycles. The number of Topliss-reactive ketones (excluding diaryl/α,β-unsaturated/α-hetero) is 1. The van der Waals surface area contributed by atoms with E-state index in [1.807, 2.05) is 23.5 Å². The predicted molar refractivity (Wildman–Crippen MR) is 117 cm³/mol. The van der Waals surface area contributed by atoms with Gasteiger partial charge in [-0.15, -0.1) is 11.3 Å². The normalized spacial score (nSPS) is 21.3. The summed E-state index contributed by atoms with van der Waals surface area (Å²) in [5.74, 6) is 0.297. The Bertz CT molecular complexity index is 743. The van der Waals surface area contributed by atoms with Crippen molar-refractivity contribution >= 4 is 17.1 Å². The molecule has 2 atom stereocenters. The highest BCUT2D eigenvalue weighted by atomic mass is 32.1. The van der Waals surface area contributed by atoms with Crippen LogP contribution < -0.4 is 0 Å². The molecule has 3 heterocycles. The Morgan fingerprint density at radius 3 is 2.04 bits per heavy atom. The number of piperidine rings is 2. The Labute approximate surface area is 173 Å². The largest absolute Gasteiger partial charge is 0.294 e. The van der Waals surface area contributed by atoms with E-state index in [0.29, 0.717) is 5.78 Å². The number of hydrogen-bond donors (Lipinski definition) is 0. The van der Waals surface area contributed by atoms with Crippen molar-refractivity contribution in [2.45, 2.75) is 57.5 Å². The quantitative estimate of drug-likeness (QED) is 0.617. The summed E-state index contributed by atoms with van der Waals surface area (Å²) in [6.07, 6.45) is 7.49. The summed E-state index contributed by atoms with van der Waals surface area (Å²) in [5.41, 5.74) is 2.07. The number of likely N-dealkylation sites (tertiary alicyclic amines) is 2. The molecular weight excluding hydrogens is 364 g/mol. The molecule has 1 aromatic heterocycles. The van der Waals surface area contributed by atoms with Gasteiger partial charge in [0.15, 0.2) is 5.78 Å². The van der Waals surface area contributed by atoms with Crippen molar-refractivity contribution in [3.8, 4) is 0 Å². The molecule has 3 nitrogen and oxygen atoms in total. The molecule has 0 N–H and O–H groups in total. The van der Waals surface area contributed by atoms with Crippen molar-refractivity contribution < 1.29 is 4.79 Å². The number of rotatable bonds is 6. The smallest absolute Gasteiger partial charge is 0.181 e. The van der Waals surface area contributed by atoms with Crippen LogP contribution in [0, 0.1) is 6.92 Å². The van der Waals surface area contributed by atoms with Crippen molar-refractivity contribution in [3.63, 3.8) is 0 Å². The number of ketones is 1. The fourth-order valence-corrected chi connectivity index (χ4v) is 5.67. The number of nitrogens with zero attached hydrogens (tertiary/aromatic N) is 2. The Balaban J connectivity index is 1.72. The molecule has 2 aliphatic heterocycles. The number of aryl methyl sites for hydroxylation is 1. The third kappa shape index (κ3) is 4.40. The average Bonchev–Trinajstić information content (AvgIpc) is 3.27. The summed E-state index contributed by atoms with van der Waals surface area (Å²) in [6, 6.07) is 12.7. The molecule has 0 saturated carbocycles. The number of hydrogen-bond acceptors (Lipinski definition) is 4. The van der Waals surface area contributed by atoms with Gasteiger partial charge in [-0.3, -0.25) is 14.6 Å². The van der Waals surface area contributed by atoms with E-state index >= 15 is 0 Å². The highest BCUT2D eigenvalue weighted by Crippen LogP contribution is 2.35. The van der Waals surface area contributed by atoms with Gasteiger partial charge in [0.05, 0.1) is 12.1 Å². The molecule has 4 rings (SSSR count). The maximum absolute atomic E-state index is 13.9. The first-order valence-electron chi connectivity index (χ1n) is 10.9. The lowest BCUT2D eigenvalue weighted by Crippen LogP contribution is -2.53. The molecule has 2 aliphatic rings. The molecule has 0 spiro atoms. The van der Waals surface area contributed by atoms with Crippen molar-refractivity contribution in [2.24, 2.45) is 0 Å². The Morgan fingerprint density at radius 2 is 1.46 bits per heavy atom. The third-order valence-corrected chi connectivity index (χ3v) is 7.25. The lowest BCUT2D eigenvalue weighted by Gasteiger charge is -2.44. The zero-order valence-corrected chi connectivity index (χ0v) is 17.8. The molecular formula is C24H32N2OS. The monoisotopic (exact) mass is 396 g/mol. The van der Waals surface area contributed by atoms with E-state index in [1.165, 1.54) is 49.0 Å². The zero-order valence-electron chi connectivity index (χ0n) is 17.0. The maximum atomic E-state index is 13.9. The topological polar surface area (TPSA) is 23.6 Å². The predicted octanol–water partition coefficient (Wildman–Crippen LogP) is 5.32. The van der Waals surface area contributed by atoms with E-state index < -0.39 is 0 Å². The third-order valence-electron chi connectivity index (χ3n) is 6.31. The maximum Gasteiger partial charge on any atom is 0.181 e. The zero-order chi connectivity index (χ0) is 19.3. The second kappa shape index (κ2) is 9.34. The molecule has 28 heavy (non-hydrogen) atoms. The molecule has 0 radical (unpaired) electrons. The van der Waals surface area contributed by atoms with E-state index in [2.05, 4.69) is 46.4 Å². The van der Waals surface area contributed by atoms with Gasteiger partial charge in [0.2, 0.25) is 0 Å². The fourth-order valence-electron chi connectivity index (χ4n) is 4.79. The molecule has 2 aromatic rings. The molecule has 0 aliphatic carbocycles. The van der Waals surface area contributed by atoms with Crippen LogP contribution in [0.25, 0.3) is 0 Å². The van der Waals surface area contributed by atoms with Crippen LogP contribution in [-0.2, 0) is 0 Å². The Kier molecular flexibility index (Phi) is 6.61. The minimum atomic E-state index is -0.0836. The first-order valence-corrected chi connectivity index (χ1v) is 11.7. The van der Waals surface area contributed by atoms with Crippen LogP contribution in [-0.4, -0.2) is 47.8 Å². The fraction of sp³-hybridized carbons (Fsp3) is 0.542. The summed E-state index contributed by atoms with van der Waals surface area (Å²) in [5, 5.41) is 2.16. The summed E-state index contributed by atoms with van der Waals surface area (Å²) in [7, 11) is 0. The Hall–Kier alpha value is -1.49. The van der Waals surface area contributed by atoms with Crippen LogP contribution in [0.3, 0.4) is 0 Å². The van der Waals surface area contributed by atoms with Gasteiger partial charge in [-0.25, -0.2) is 0 Å². The SMILES string of the molecule is Cc1ccc(C(=O)[C@H]([C@H](c2cccs2)N2CCCCC2)N2CCCCC2)cc1. The van der Waals surface area contributed by atoms with Crippen LogP contribution in [0.15, 0.2) is 41.8 Å². The molecule has 0 amide bonds. The minimum absolute atomic E-state index is 0.0836. The molecule has 2 saturated heterocycles. The second-order valence-corrected chi connectivity index (χ2v) is 9.31. The molecule has 2 fully saturated rings. The van der Waals surface area contributed by atoms with E-state index in [9.17, 15) is 4.79 Å². The summed E-state index contributed by atoms with van der Waals surface area (Å²) < 4.78 is 0. The summed E-state index contributed by atoms with van der Waals surface area (Å²) in [4.78, 5) is 20.3. The van der Waals surface area contributed by atoms with Crippen molar-refractivity contribution in [1.82, 2.24) is 9.80 Å². The highest BCUT2D eigenvalue weighted by molar-refractivity contribution is 7.10. The van der Waals surface area contributed by atoms with Gasteiger partial charge in [0.1, 0.15) is 0 Å². The van der Waals surface area contributed by atoms with Gasteiger partial charge in [-0.2, -0.15) is 0 Å². The number of thiophene rings is 1. The van der Waals surface area contributed by atoms with Crippen LogP contribution in [0.2, 0.25) is 0 Å². The van der Waals surface area contributed by atoms with Crippen molar-refractivity contribution in [3.05, 3.63) is 57.8 Å². The number of benzene rings is 1. The van der Waals surface area contributed by atoms with Gasteiger partial charge >= 0.3 is 0 Å². The molecule has 4 heteroatoms. The van der Waals surface area contributed by atoms with Gasteiger partial charge in [-0.1, -0.05) is 48.7 Å². The van der Waals surface area contributed by atoms with E-state index in [0.717, 1.165) is 31.7 Å². The van der Waals surface area contributed by atoms with Gasteiger partial charge in [0, 0.05) is 10.4 Å². The van der Waals surface area contributed by atoms with E-state index in [1.54, 1.807) is 0 Å². The second-order valence-electron chi connectivity index (χ2n) is 8.33. The standard InChI is InChI=1S/C24H32N2OS/c1-19-10-12-20(13-11-19)24(27)23(26-16-6-3-7-17-26)22(21-9-8-18-28-21)25-14-4-2-5-15-25/h8-13,18,22-23H,2-7,14-17H2,1H3/t22-,23-/m0/s1. The van der Waals surface area contributed by atoms with Crippen LogP contribution >= 0.6 is 11.3 Å². The first kappa shape index (κ1) is 19.8. The molecule has 150 valence electrons. The van der Waals surface area contributed by atoms with Gasteiger partial charge in [-0.05, 0) is 70.2 Å². The van der Waals surface area contributed by atoms with E-state index in [-0.39, 0.29) is 12.1 Å². The van der Waals surface area contributed by atoms with E-state index in [4.69, 9.17) is 0 Å². The number of carbonyl (C=O) groups excluding carboxylic acids is 1. The van der Waals surface area contributed by atoms with Crippen LogP contribution in [0.4, 0.5) is 0 Å². The molecule has 0 unspecified atom stereocenters. The van der Waals surface area contributed by atoms with Crippen molar-refractivity contribution in [1.29, 1.82) is 0 Å². The molecule has 0 bridgehead atoms. The van der Waals surface area contributed by atoms with Gasteiger partial charge in [0.25, 0.3) is 0 Å². The minimum Gasteiger partial charge on any atom is -0.294 e. The summed E-state index contributed by atoms with van der Waals surface area (Å²) in [6.45, 7) is 6.37. The van der Waals surface area contributed by atoms with Crippen LogP contribution in [0.5, 0.6) is 0 Å². The lowest BCUT2D eigenvalue weighted by molar-refractivity contribution is 0.0435. The Morgan fingerprint density at radius 1 is 0.857 bits per heavy atom. The average molecular weight is 397 g/mol. The highest BCUT2D eigenvalue weighted by Gasteiger charge is 2.39. The summed E-state index contributed by atoms with van der Waals surface area (Å²) >= 11 is 1.81.